The van der Waals surface area contributed by atoms with Gasteiger partial charge in [-0.2, -0.15) is 0 Å². The number of phenolic OH excluding ortho intramolecular Hbond substituents is 1. The molecule has 0 spiro atoms. The second-order valence-corrected chi connectivity index (χ2v) is 8.03. The molecule has 0 aliphatic rings. The molecule has 6 heteroatoms. The molecule has 2 aromatic heterocycles. The van der Waals surface area contributed by atoms with Crippen molar-refractivity contribution in [2.45, 2.75) is 0 Å². The summed E-state index contributed by atoms with van der Waals surface area (Å²) in [5.41, 5.74) is 4.12. The van der Waals surface area contributed by atoms with Gasteiger partial charge in [0, 0.05) is 50.2 Å². The number of hydrogen-bond donors (Lipinski definition) is 1. The van der Waals surface area contributed by atoms with Crippen molar-refractivity contribution in [2.24, 2.45) is 7.05 Å². The van der Waals surface area contributed by atoms with E-state index in [2.05, 4.69) is 45.2 Å². The topological polar surface area (TPSA) is 50.9 Å². The molecule has 3 aromatic carbocycles. The van der Waals surface area contributed by atoms with Gasteiger partial charge in [0.25, 0.3) is 0 Å². The Hall–Kier alpha value is -2.75. The van der Waals surface area contributed by atoms with Gasteiger partial charge in [0.2, 0.25) is 0 Å². The van der Waals surface area contributed by atoms with E-state index in [0.717, 1.165) is 37.8 Å². The fourth-order valence-electron chi connectivity index (χ4n) is 3.53. The van der Waals surface area contributed by atoms with Crippen LogP contribution in [0.2, 0.25) is 0 Å². The molecule has 0 amide bonds. The number of pyridine rings is 1. The predicted octanol–water partition coefficient (Wildman–Crippen LogP) is 6.24. The third-order valence-electron chi connectivity index (χ3n) is 5.05. The minimum atomic E-state index is 0. The molecule has 1 N–H and O–H groups in total. The number of halogens is 1. The first-order valence-corrected chi connectivity index (χ1v) is 10.3. The van der Waals surface area contributed by atoms with Gasteiger partial charge >= 0.3 is 0 Å². The summed E-state index contributed by atoms with van der Waals surface area (Å²) in [7, 11) is 1.92. The maximum atomic E-state index is 10.3. The molecule has 2 heterocycles. The van der Waals surface area contributed by atoms with Crippen LogP contribution >= 0.6 is 15.9 Å². The molecule has 156 valence electrons. The first-order chi connectivity index (χ1) is 14.6. The quantitative estimate of drug-likeness (QED) is 0.236. The molecule has 0 saturated heterocycles. The third kappa shape index (κ3) is 4.21. The predicted molar refractivity (Wildman–Crippen MR) is 123 cm³/mol. The average molecular weight is 650 g/mol. The van der Waals surface area contributed by atoms with Crippen LogP contribution in [0, 0.1) is 6.07 Å². The molecule has 31 heavy (non-hydrogen) atoms. The second-order valence-electron chi connectivity index (χ2n) is 7.12. The first kappa shape index (κ1) is 21.5. The van der Waals surface area contributed by atoms with Crippen molar-refractivity contribution in [3.8, 4) is 39.7 Å². The molecular weight excluding hydrogens is 633 g/mol. The van der Waals surface area contributed by atoms with Crippen LogP contribution in [-0.2, 0) is 28.1 Å². The summed E-state index contributed by atoms with van der Waals surface area (Å²) in [6, 6.07) is 25.0. The minimum Gasteiger partial charge on any atom is -0.507 e. The third-order valence-corrected chi connectivity index (χ3v) is 5.55. The normalized spacial score (nSPS) is 10.8. The van der Waals surface area contributed by atoms with Crippen LogP contribution in [0.3, 0.4) is 0 Å². The summed E-state index contributed by atoms with van der Waals surface area (Å²) in [5.74, 6) is 0.878. The number of hydrogen-bond acceptors (Lipinski definition) is 3. The van der Waals surface area contributed by atoms with Gasteiger partial charge in [0.15, 0.2) is 0 Å². The summed E-state index contributed by atoms with van der Waals surface area (Å²) in [4.78, 5) is 9.38. The average Bonchev–Trinajstić information content (AvgIpc) is 3.16. The summed E-state index contributed by atoms with van der Waals surface area (Å²) in [5, 5.41) is 12.5. The summed E-state index contributed by atoms with van der Waals surface area (Å²) >= 11 is 3.46. The van der Waals surface area contributed by atoms with Gasteiger partial charge in [-0.1, -0.05) is 57.4 Å². The van der Waals surface area contributed by atoms with Crippen molar-refractivity contribution in [1.82, 2.24) is 14.5 Å². The van der Waals surface area contributed by atoms with Crippen LogP contribution in [0.4, 0.5) is 0 Å². The monoisotopic (exact) mass is 649 g/mol. The maximum absolute atomic E-state index is 10.3. The minimum absolute atomic E-state index is 0. The van der Waals surface area contributed by atoms with Crippen molar-refractivity contribution >= 4 is 26.7 Å². The van der Waals surface area contributed by atoms with Crippen LogP contribution in [-0.4, -0.2) is 19.6 Å². The Bertz CT molecular complexity index is 1400. The van der Waals surface area contributed by atoms with Gasteiger partial charge in [-0.15, -0.1) is 24.3 Å². The van der Waals surface area contributed by atoms with Crippen molar-refractivity contribution in [2.75, 3.05) is 0 Å². The van der Waals surface area contributed by atoms with Gasteiger partial charge in [0.1, 0.15) is 11.6 Å². The van der Waals surface area contributed by atoms with Gasteiger partial charge in [-0.25, -0.2) is 0 Å². The van der Waals surface area contributed by atoms with Crippen LogP contribution < -0.4 is 0 Å². The number of aryl methyl sites for hydroxylation is 1. The summed E-state index contributed by atoms with van der Waals surface area (Å²) < 4.78 is 2.79. The van der Waals surface area contributed by atoms with E-state index < -0.39 is 0 Å². The van der Waals surface area contributed by atoms with Gasteiger partial charge in [0.05, 0.1) is 5.56 Å². The Morgan fingerprint density at radius 1 is 0.903 bits per heavy atom. The Balaban J connectivity index is 0.00000231. The molecule has 5 aromatic rings. The maximum Gasteiger partial charge on any atom is 0.135 e. The number of fused-ring (bicyclic) bond motifs is 1. The standard InChI is InChI=1S/C25H17BrN3O.Pt/c1-29-15-23(28-25(29)21-13-20(26)9-10-24(21)30)18-8-4-7-17(11-18)22-12-16-5-2-3-6-19(16)14-27-22;/h2-10,12-15,30H,1H3;/q-1;. The number of benzene rings is 3. The van der Waals surface area contributed by atoms with Gasteiger partial charge < -0.3 is 9.67 Å². The zero-order chi connectivity index (χ0) is 20.7. The molecule has 0 bridgehead atoms. The smallest absolute Gasteiger partial charge is 0.135 e. The molecular formula is C25H17BrN3OPt-. The van der Waals surface area contributed by atoms with Crippen LogP contribution in [0.15, 0.2) is 83.6 Å². The molecule has 5 rings (SSSR count). The molecule has 0 unspecified atom stereocenters. The largest absolute Gasteiger partial charge is 0.507 e. The van der Waals surface area contributed by atoms with E-state index in [4.69, 9.17) is 4.98 Å². The van der Waals surface area contributed by atoms with Crippen LogP contribution in [0.5, 0.6) is 5.75 Å². The molecule has 0 fully saturated rings. The van der Waals surface area contributed by atoms with E-state index in [-0.39, 0.29) is 26.8 Å². The van der Waals surface area contributed by atoms with Crippen molar-refractivity contribution in [3.63, 3.8) is 0 Å². The molecule has 0 radical (unpaired) electrons. The fraction of sp³-hybridized carbons (Fsp3) is 0.0400. The zero-order valence-electron chi connectivity index (χ0n) is 16.5. The zero-order valence-corrected chi connectivity index (χ0v) is 20.3. The first-order valence-electron chi connectivity index (χ1n) is 9.48. The van der Waals surface area contributed by atoms with Crippen LogP contribution in [0.1, 0.15) is 0 Å². The van der Waals surface area contributed by atoms with E-state index >= 15 is 0 Å². The van der Waals surface area contributed by atoms with E-state index in [0.29, 0.717) is 11.4 Å². The molecule has 0 aliphatic carbocycles. The Labute approximate surface area is 203 Å². The molecule has 0 aliphatic heterocycles. The van der Waals surface area contributed by atoms with E-state index in [1.807, 2.05) is 60.4 Å². The fourth-order valence-corrected chi connectivity index (χ4v) is 3.89. The van der Waals surface area contributed by atoms with E-state index in [1.165, 1.54) is 0 Å². The Morgan fingerprint density at radius 3 is 2.45 bits per heavy atom. The SMILES string of the molecule is Cn1cc(-c2[c-]c(-c3cc4ccccc4cn3)ccc2)nc1-c1cc(Br)ccc1O.[Pt]. The number of nitrogens with zero attached hydrogens (tertiary/aromatic N) is 3. The number of aromatic nitrogens is 3. The molecule has 0 atom stereocenters. The Morgan fingerprint density at radius 2 is 1.65 bits per heavy atom. The summed E-state index contributed by atoms with van der Waals surface area (Å²) in [6.45, 7) is 0. The van der Waals surface area contributed by atoms with Gasteiger partial charge in [-0.3, -0.25) is 9.97 Å². The second kappa shape index (κ2) is 8.78. The molecule has 4 nitrogen and oxygen atoms in total. The Kier molecular flexibility index (Phi) is 6.08. The van der Waals surface area contributed by atoms with Crippen LogP contribution in [0.25, 0.3) is 44.7 Å². The van der Waals surface area contributed by atoms with E-state index in [9.17, 15) is 5.11 Å². The van der Waals surface area contributed by atoms with Crippen molar-refractivity contribution in [3.05, 3.63) is 89.7 Å². The van der Waals surface area contributed by atoms with Crippen molar-refractivity contribution < 1.29 is 26.2 Å². The number of aromatic hydroxyl groups is 1. The van der Waals surface area contributed by atoms with E-state index in [1.54, 1.807) is 12.1 Å². The number of phenols is 1. The van der Waals surface area contributed by atoms with Crippen molar-refractivity contribution in [1.29, 1.82) is 0 Å². The number of rotatable bonds is 3. The number of imidazole rings is 1. The van der Waals surface area contributed by atoms with Gasteiger partial charge in [-0.05, 0) is 35.2 Å². The summed E-state index contributed by atoms with van der Waals surface area (Å²) in [6.07, 6.45) is 3.83. The molecule has 0 saturated carbocycles.